The lowest BCUT2D eigenvalue weighted by molar-refractivity contribution is -0.121. The van der Waals surface area contributed by atoms with Gasteiger partial charge in [-0.25, -0.2) is 4.39 Å². The lowest BCUT2D eigenvalue weighted by Crippen LogP contribution is -2.62. The molecule has 2 aliphatic rings. The van der Waals surface area contributed by atoms with E-state index in [-0.39, 0.29) is 36.5 Å². The first-order valence-electron chi connectivity index (χ1n) is 11.3. The molecule has 2 aromatic carbocycles. The second-order valence-electron chi connectivity index (χ2n) is 8.75. The van der Waals surface area contributed by atoms with Gasteiger partial charge in [-0.3, -0.25) is 19.3 Å². The Labute approximate surface area is 193 Å². The van der Waals surface area contributed by atoms with Gasteiger partial charge >= 0.3 is 0 Å². The summed E-state index contributed by atoms with van der Waals surface area (Å²) >= 11 is 0. The molecule has 3 amide bonds. The van der Waals surface area contributed by atoms with E-state index in [1.165, 1.54) is 6.07 Å². The fourth-order valence-corrected chi connectivity index (χ4v) is 4.77. The minimum absolute atomic E-state index is 0.00845. The summed E-state index contributed by atoms with van der Waals surface area (Å²) in [6.07, 6.45) is 1.72. The Balaban J connectivity index is 1.31. The molecule has 33 heavy (non-hydrogen) atoms. The lowest BCUT2D eigenvalue weighted by atomic mass is 9.98. The first-order valence-corrected chi connectivity index (χ1v) is 11.3. The molecule has 0 aromatic heterocycles. The molecular weight excluding hydrogens is 423 g/mol. The van der Waals surface area contributed by atoms with E-state index in [4.69, 9.17) is 0 Å². The summed E-state index contributed by atoms with van der Waals surface area (Å²) in [6.45, 7) is 3.17. The maximum Gasteiger partial charge on any atom is 0.257 e. The first-order chi connectivity index (χ1) is 15.8. The van der Waals surface area contributed by atoms with E-state index in [1.807, 2.05) is 24.9 Å². The minimum atomic E-state index is -0.759. The van der Waals surface area contributed by atoms with Crippen molar-refractivity contribution in [2.45, 2.75) is 38.3 Å². The van der Waals surface area contributed by atoms with Crippen molar-refractivity contribution in [1.29, 1.82) is 0 Å². The predicted molar refractivity (Wildman–Crippen MR) is 125 cm³/mol. The molecule has 0 radical (unpaired) electrons. The minimum Gasteiger partial charge on any atom is -0.372 e. The number of benzene rings is 2. The molecule has 4 rings (SSSR count). The summed E-state index contributed by atoms with van der Waals surface area (Å²) in [6, 6.07) is 13.7. The molecular formula is C25H29FN4O3. The maximum absolute atomic E-state index is 13.9. The Hall–Kier alpha value is -3.42. The number of hydrogen-bond donors (Lipinski definition) is 1. The van der Waals surface area contributed by atoms with Crippen molar-refractivity contribution in [3.8, 4) is 0 Å². The topological polar surface area (TPSA) is 73.0 Å². The highest BCUT2D eigenvalue weighted by Gasteiger charge is 2.52. The van der Waals surface area contributed by atoms with Crippen molar-refractivity contribution in [2.75, 3.05) is 36.5 Å². The van der Waals surface area contributed by atoms with E-state index in [1.54, 1.807) is 46.2 Å². The van der Waals surface area contributed by atoms with Gasteiger partial charge in [0.1, 0.15) is 11.5 Å². The number of rotatable bonds is 8. The molecule has 2 heterocycles. The summed E-state index contributed by atoms with van der Waals surface area (Å²) in [5.74, 6) is -0.594. The molecule has 8 heteroatoms. The molecule has 0 saturated carbocycles. The second kappa shape index (κ2) is 9.21. The zero-order chi connectivity index (χ0) is 23.6. The zero-order valence-corrected chi connectivity index (χ0v) is 19.0. The maximum atomic E-state index is 13.9. The summed E-state index contributed by atoms with van der Waals surface area (Å²) in [7, 11) is 1.81. The zero-order valence-electron chi connectivity index (χ0n) is 19.0. The van der Waals surface area contributed by atoms with E-state index < -0.39 is 5.66 Å². The average molecular weight is 453 g/mol. The summed E-state index contributed by atoms with van der Waals surface area (Å²) in [4.78, 5) is 43.5. The number of anilines is 2. The van der Waals surface area contributed by atoms with Gasteiger partial charge in [0, 0.05) is 39.5 Å². The molecule has 1 fully saturated rings. The number of carbonyl (C=O) groups excluding carboxylic acids is 3. The first kappa shape index (κ1) is 22.8. The number of halogens is 1. The largest absolute Gasteiger partial charge is 0.372 e. The monoisotopic (exact) mass is 452 g/mol. The number of hydrogen-bond acceptors (Lipinski definition) is 4. The van der Waals surface area contributed by atoms with Gasteiger partial charge in [0.05, 0.1) is 16.9 Å². The second-order valence-corrected chi connectivity index (χ2v) is 8.75. The van der Waals surface area contributed by atoms with Crippen molar-refractivity contribution in [1.82, 2.24) is 10.2 Å². The quantitative estimate of drug-likeness (QED) is 0.625. The van der Waals surface area contributed by atoms with Crippen LogP contribution in [0.5, 0.6) is 0 Å². The van der Waals surface area contributed by atoms with Gasteiger partial charge in [0.25, 0.3) is 5.91 Å². The van der Waals surface area contributed by atoms with E-state index in [0.29, 0.717) is 49.3 Å². The predicted octanol–water partition coefficient (Wildman–Crippen LogP) is 3.16. The molecule has 1 atom stereocenters. The average Bonchev–Trinajstić information content (AvgIpc) is 3.11. The molecule has 0 spiro atoms. The van der Waals surface area contributed by atoms with Crippen LogP contribution in [0.25, 0.3) is 0 Å². The van der Waals surface area contributed by atoms with Gasteiger partial charge in [-0.2, -0.15) is 0 Å². The van der Waals surface area contributed by atoms with Crippen LogP contribution in [0.2, 0.25) is 0 Å². The van der Waals surface area contributed by atoms with Crippen LogP contribution in [0.4, 0.5) is 15.8 Å². The van der Waals surface area contributed by atoms with E-state index in [0.717, 1.165) is 0 Å². The molecule has 1 N–H and O–H groups in total. The standard InChI is InChI=1S/C25H29FN4O3/c1-25-14-12-23(32)30(25)20-10-5-3-8-18(20)24(33)29(25)17-13-22(31)27-15-7-16-28(2)21-11-6-4-9-19(21)26/h3-6,8-11H,7,12-17H2,1-2H3,(H,27,31). The smallest absolute Gasteiger partial charge is 0.257 e. The van der Waals surface area contributed by atoms with Gasteiger partial charge in [-0.15, -0.1) is 0 Å². The van der Waals surface area contributed by atoms with E-state index in [9.17, 15) is 18.8 Å². The summed E-state index contributed by atoms with van der Waals surface area (Å²) in [5.41, 5.74) is 0.899. The molecule has 0 aliphatic carbocycles. The van der Waals surface area contributed by atoms with Gasteiger partial charge in [0.15, 0.2) is 0 Å². The third-order valence-electron chi connectivity index (χ3n) is 6.56. The number of carbonyl (C=O) groups is 3. The molecule has 0 bridgehead atoms. The van der Waals surface area contributed by atoms with Gasteiger partial charge in [-0.05, 0) is 44.0 Å². The third-order valence-corrected chi connectivity index (χ3v) is 6.56. The van der Waals surface area contributed by atoms with Gasteiger partial charge in [-0.1, -0.05) is 24.3 Å². The third kappa shape index (κ3) is 4.29. The van der Waals surface area contributed by atoms with E-state index in [2.05, 4.69) is 5.32 Å². The van der Waals surface area contributed by atoms with Gasteiger partial charge < -0.3 is 15.1 Å². The van der Waals surface area contributed by atoms with E-state index >= 15 is 0 Å². The van der Waals surface area contributed by atoms with Crippen LogP contribution in [0.3, 0.4) is 0 Å². The number of fused-ring (bicyclic) bond motifs is 3. The molecule has 174 valence electrons. The van der Waals surface area contributed by atoms with Crippen LogP contribution in [-0.4, -0.2) is 55.0 Å². The van der Waals surface area contributed by atoms with Crippen LogP contribution in [0.15, 0.2) is 48.5 Å². The van der Waals surface area contributed by atoms with Crippen LogP contribution >= 0.6 is 0 Å². The van der Waals surface area contributed by atoms with Gasteiger partial charge in [0.2, 0.25) is 11.8 Å². The number of amides is 3. The highest BCUT2D eigenvalue weighted by atomic mass is 19.1. The number of nitrogens with one attached hydrogen (secondary N) is 1. The molecule has 7 nitrogen and oxygen atoms in total. The van der Waals surface area contributed by atoms with Crippen LogP contribution in [0, 0.1) is 5.82 Å². The lowest BCUT2D eigenvalue weighted by Gasteiger charge is -2.48. The molecule has 1 saturated heterocycles. The molecule has 2 aliphatic heterocycles. The SMILES string of the molecule is CN(CCCNC(=O)CCN1C(=O)c2ccccc2N2C(=O)CCC12C)c1ccccc1F. The Bertz CT molecular complexity index is 1080. The fourth-order valence-electron chi connectivity index (χ4n) is 4.77. The molecule has 2 aromatic rings. The Morgan fingerprint density at radius 2 is 1.88 bits per heavy atom. The van der Waals surface area contributed by atoms with Crippen molar-refractivity contribution in [2.24, 2.45) is 0 Å². The Morgan fingerprint density at radius 1 is 1.15 bits per heavy atom. The summed E-state index contributed by atoms with van der Waals surface area (Å²) in [5, 5.41) is 2.88. The highest BCUT2D eigenvalue weighted by Crippen LogP contribution is 2.43. The van der Waals surface area contributed by atoms with Crippen molar-refractivity contribution < 1.29 is 18.8 Å². The number of nitrogens with zero attached hydrogens (tertiary/aromatic N) is 3. The van der Waals surface area contributed by atoms with Crippen LogP contribution < -0.4 is 15.1 Å². The normalized spacial score (nSPS) is 19.4. The van der Waals surface area contributed by atoms with Crippen LogP contribution in [-0.2, 0) is 9.59 Å². The van der Waals surface area contributed by atoms with Crippen LogP contribution in [0.1, 0.15) is 43.0 Å². The summed E-state index contributed by atoms with van der Waals surface area (Å²) < 4.78 is 13.9. The Morgan fingerprint density at radius 3 is 2.67 bits per heavy atom. The Kier molecular flexibility index (Phi) is 6.35. The van der Waals surface area contributed by atoms with Crippen molar-refractivity contribution in [3.05, 3.63) is 59.9 Å². The van der Waals surface area contributed by atoms with Crippen molar-refractivity contribution >= 4 is 29.1 Å². The fraction of sp³-hybridized carbons (Fsp3) is 0.400. The molecule has 1 unspecified atom stereocenters. The van der Waals surface area contributed by atoms with Crippen molar-refractivity contribution in [3.63, 3.8) is 0 Å². The number of para-hydroxylation sites is 2. The highest BCUT2D eigenvalue weighted by molar-refractivity contribution is 6.10.